The molecule has 0 saturated carbocycles. The fraction of sp³-hybridized carbons (Fsp3) is 0. The van der Waals surface area contributed by atoms with Crippen LogP contribution >= 0.6 is 11.6 Å². The molecular weight excluding hydrogens is 283 g/mol. The van der Waals surface area contributed by atoms with Crippen molar-refractivity contribution in [2.45, 2.75) is 0 Å². The lowest BCUT2D eigenvalue weighted by atomic mass is 9.79. The van der Waals surface area contributed by atoms with Crippen LogP contribution in [0.1, 0.15) is 10.4 Å². The first-order valence-corrected chi connectivity index (χ1v) is 6.07. The highest BCUT2D eigenvalue weighted by Crippen LogP contribution is 2.17. The van der Waals surface area contributed by atoms with E-state index in [9.17, 15) is 9.18 Å². The third kappa shape index (κ3) is 3.36. The zero-order valence-electron chi connectivity index (χ0n) is 10.2. The molecule has 0 atom stereocenters. The van der Waals surface area contributed by atoms with Crippen LogP contribution in [0.4, 0.5) is 10.1 Å². The second-order valence-electron chi connectivity index (χ2n) is 4.07. The van der Waals surface area contributed by atoms with E-state index in [1.165, 1.54) is 42.5 Å². The number of halogens is 2. The Hall–Kier alpha value is -1.89. The minimum atomic E-state index is -1.69. The molecule has 4 nitrogen and oxygen atoms in total. The maximum Gasteiger partial charge on any atom is 0.488 e. The van der Waals surface area contributed by atoms with Crippen molar-refractivity contribution in [2.75, 3.05) is 5.32 Å². The second kappa shape index (κ2) is 6.05. The van der Waals surface area contributed by atoms with E-state index in [1.807, 2.05) is 0 Å². The summed E-state index contributed by atoms with van der Waals surface area (Å²) in [4.78, 5) is 12.0. The van der Waals surface area contributed by atoms with Gasteiger partial charge in [0.2, 0.25) is 0 Å². The molecule has 2 aromatic carbocycles. The molecule has 0 aromatic heterocycles. The highest BCUT2D eigenvalue weighted by atomic mass is 35.5. The molecule has 3 N–H and O–H groups in total. The number of nitrogens with one attached hydrogen (secondary N) is 1. The maximum absolute atomic E-state index is 12.8. The van der Waals surface area contributed by atoms with E-state index in [0.29, 0.717) is 5.69 Å². The van der Waals surface area contributed by atoms with Gasteiger partial charge >= 0.3 is 7.12 Å². The number of hydrogen-bond donors (Lipinski definition) is 3. The van der Waals surface area contributed by atoms with Gasteiger partial charge in [-0.05, 0) is 41.9 Å². The molecule has 0 bridgehead atoms. The lowest BCUT2D eigenvalue weighted by Crippen LogP contribution is -2.31. The SMILES string of the molecule is O=C(Nc1ccc(F)cc1)c1cc(B(O)O)ccc1Cl. The summed E-state index contributed by atoms with van der Waals surface area (Å²) in [5.41, 5.74) is 0.655. The molecule has 7 heteroatoms. The van der Waals surface area contributed by atoms with Gasteiger partial charge in [-0.3, -0.25) is 4.79 Å². The molecule has 0 aliphatic rings. The Morgan fingerprint density at radius 1 is 1.15 bits per heavy atom. The Balaban J connectivity index is 2.24. The molecule has 0 aliphatic heterocycles. The minimum absolute atomic E-state index is 0.0987. The van der Waals surface area contributed by atoms with Gasteiger partial charge in [-0.15, -0.1) is 0 Å². The molecule has 0 radical (unpaired) electrons. The van der Waals surface area contributed by atoms with Crippen molar-refractivity contribution in [3.05, 3.63) is 58.9 Å². The topological polar surface area (TPSA) is 69.6 Å². The predicted molar refractivity (Wildman–Crippen MR) is 75.6 cm³/mol. The van der Waals surface area contributed by atoms with Gasteiger partial charge < -0.3 is 15.4 Å². The summed E-state index contributed by atoms with van der Waals surface area (Å²) in [5, 5.41) is 20.9. The molecule has 2 rings (SSSR count). The average Bonchev–Trinajstić information content (AvgIpc) is 2.41. The number of anilines is 1. The van der Waals surface area contributed by atoms with E-state index in [-0.39, 0.29) is 16.0 Å². The van der Waals surface area contributed by atoms with Gasteiger partial charge in [-0.25, -0.2) is 4.39 Å². The van der Waals surface area contributed by atoms with Gasteiger partial charge in [0.15, 0.2) is 0 Å². The normalized spacial score (nSPS) is 10.2. The second-order valence-corrected chi connectivity index (χ2v) is 4.48. The van der Waals surface area contributed by atoms with Crippen molar-refractivity contribution in [1.82, 2.24) is 0 Å². The van der Waals surface area contributed by atoms with Crippen LogP contribution < -0.4 is 10.8 Å². The van der Waals surface area contributed by atoms with E-state index in [2.05, 4.69) is 5.32 Å². The zero-order valence-corrected chi connectivity index (χ0v) is 10.9. The number of carbonyl (C=O) groups excluding carboxylic acids is 1. The van der Waals surface area contributed by atoms with Crippen LogP contribution in [0.25, 0.3) is 0 Å². The number of benzene rings is 2. The summed E-state index contributed by atoms with van der Waals surface area (Å²) in [6.07, 6.45) is 0. The van der Waals surface area contributed by atoms with Crippen molar-refractivity contribution in [3.63, 3.8) is 0 Å². The summed E-state index contributed by atoms with van der Waals surface area (Å²) in [6, 6.07) is 9.33. The smallest absolute Gasteiger partial charge is 0.423 e. The first kappa shape index (κ1) is 14.5. The van der Waals surface area contributed by atoms with Gasteiger partial charge in [0.05, 0.1) is 10.6 Å². The van der Waals surface area contributed by atoms with Crippen LogP contribution in [0.3, 0.4) is 0 Å². The van der Waals surface area contributed by atoms with Crippen LogP contribution in [0.2, 0.25) is 5.02 Å². The van der Waals surface area contributed by atoms with Gasteiger partial charge in [0, 0.05) is 5.69 Å². The quantitative estimate of drug-likeness (QED) is 0.750. The highest BCUT2D eigenvalue weighted by Gasteiger charge is 2.17. The summed E-state index contributed by atoms with van der Waals surface area (Å²) in [6.45, 7) is 0. The maximum atomic E-state index is 12.8. The van der Waals surface area contributed by atoms with Gasteiger partial charge in [-0.1, -0.05) is 17.7 Å². The van der Waals surface area contributed by atoms with Crippen molar-refractivity contribution >= 4 is 35.8 Å². The number of hydrogen-bond acceptors (Lipinski definition) is 3. The molecule has 2 aromatic rings. The van der Waals surface area contributed by atoms with Crippen molar-refractivity contribution in [2.24, 2.45) is 0 Å². The molecule has 0 heterocycles. The Morgan fingerprint density at radius 3 is 2.40 bits per heavy atom. The van der Waals surface area contributed by atoms with Gasteiger partial charge in [0.1, 0.15) is 5.82 Å². The Bertz CT molecular complexity index is 634. The Morgan fingerprint density at radius 2 is 1.80 bits per heavy atom. The molecule has 0 saturated heterocycles. The fourth-order valence-corrected chi connectivity index (χ4v) is 1.81. The van der Waals surface area contributed by atoms with Crippen LogP contribution in [0.15, 0.2) is 42.5 Å². The Labute approximate surface area is 120 Å². The summed E-state index contributed by atoms with van der Waals surface area (Å²) < 4.78 is 12.8. The van der Waals surface area contributed by atoms with Crippen molar-refractivity contribution < 1.29 is 19.2 Å². The van der Waals surface area contributed by atoms with E-state index in [1.54, 1.807) is 0 Å². The van der Waals surface area contributed by atoms with Crippen LogP contribution in [0, 0.1) is 5.82 Å². The minimum Gasteiger partial charge on any atom is -0.423 e. The monoisotopic (exact) mass is 293 g/mol. The first-order valence-electron chi connectivity index (χ1n) is 5.70. The van der Waals surface area contributed by atoms with E-state index >= 15 is 0 Å². The fourth-order valence-electron chi connectivity index (χ4n) is 1.61. The lowest BCUT2D eigenvalue weighted by Gasteiger charge is -2.08. The molecule has 0 spiro atoms. The largest absolute Gasteiger partial charge is 0.488 e. The highest BCUT2D eigenvalue weighted by molar-refractivity contribution is 6.58. The number of amides is 1. The van der Waals surface area contributed by atoms with Crippen molar-refractivity contribution in [1.29, 1.82) is 0 Å². The molecule has 0 aliphatic carbocycles. The van der Waals surface area contributed by atoms with Crippen LogP contribution in [-0.2, 0) is 0 Å². The predicted octanol–water partition coefficient (Wildman–Crippen LogP) is 1.41. The summed E-state index contributed by atoms with van der Waals surface area (Å²) in [7, 11) is -1.69. The molecule has 0 unspecified atom stereocenters. The third-order valence-electron chi connectivity index (χ3n) is 2.64. The lowest BCUT2D eigenvalue weighted by molar-refractivity contribution is 0.102. The Kier molecular flexibility index (Phi) is 4.39. The number of rotatable bonds is 3. The zero-order chi connectivity index (χ0) is 14.7. The average molecular weight is 293 g/mol. The molecule has 0 fully saturated rings. The molecule has 1 amide bonds. The van der Waals surface area contributed by atoms with Crippen LogP contribution in [0.5, 0.6) is 0 Å². The third-order valence-corrected chi connectivity index (χ3v) is 2.96. The van der Waals surface area contributed by atoms with E-state index in [0.717, 1.165) is 0 Å². The van der Waals surface area contributed by atoms with Gasteiger partial charge in [0.25, 0.3) is 5.91 Å². The molecular formula is C13H10BClFNO3. The van der Waals surface area contributed by atoms with E-state index in [4.69, 9.17) is 21.6 Å². The summed E-state index contributed by atoms with van der Waals surface area (Å²) >= 11 is 5.90. The summed E-state index contributed by atoms with van der Waals surface area (Å²) in [5.74, 6) is -0.935. The van der Waals surface area contributed by atoms with E-state index < -0.39 is 18.8 Å². The van der Waals surface area contributed by atoms with Gasteiger partial charge in [-0.2, -0.15) is 0 Å². The number of carbonyl (C=O) groups is 1. The standard InChI is InChI=1S/C13H10BClFNO3/c15-12-6-1-8(14(19)20)7-11(12)13(18)17-10-4-2-9(16)3-5-10/h1-7,19-20H,(H,17,18). The first-order chi connectivity index (χ1) is 9.47. The van der Waals surface area contributed by atoms with Crippen molar-refractivity contribution in [3.8, 4) is 0 Å². The molecule has 102 valence electrons. The van der Waals surface area contributed by atoms with Crippen LogP contribution in [-0.4, -0.2) is 23.1 Å². The molecule has 20 heavy (non-hydrogen) atoms.